The van der Waals surface area contributed by atoms with Gasteiger partial charge in [-0.25, -0.2) is 9.78 Å². The van der Waals surface area contributed by atoms with Crippen LogP contribution in [0.2, 0.25) is 0 Å². The van der Waals surface area contributed by atoms with Gasteiger partial charge >= 0.3 is 5.97 Å². The molecule has 134 valence electrons. The van der Waals surface area contributed by atoms with Crippen LogP contribution in [0.5, 0.6) is 11.5 Å². The number of amides is 1. The lowest BCUT2D eigenvalue weighted by Crippen LogP contribution is -2.16. The summed E-state index contributed by atoms with van der Waals surface area (Å²) in [4.78, 5) is 27.9. The number of fused-ring (bicyclic) bond motifs is 1. The number of hydrogen-bond donors (Lipinski definition) is 2. The standard InChI is InChI=1S/C18H16N2O5S/c1-24-13-8-12-15(9-14(13)25-2)26-18(19-12)20-16(21)7-10-5-3-4-6-11(10)17(22)23/h3-6,8-9H,7H2,1-2H3,(H,22,23)(H,19,20,21). The Morgan fingerprint density at radius 1 is 1.15 bits per heavy atom. The average molecular weight is 372 g/mol. The lowest BCUT2D eigenvalue weighted by molar-refractivity contribution is -0.115. The van der Waals surface area contributed by atoms with Gasteiger partial charge in [-0.2, -0.15) is 0 Å². The molecule has 0 fully saturated rings. The molecule has 0 aliphatic carbocycles. The number of hydrogen-bond acceptors (Lipinski definition) is 6. The SMILES string of the molecule is COc1cc2nc(NC(=O)Cc3ccccc3C(=O)O)sc2cc1OC. The fourth-order valence-electron chi connectivity index (χ4n) is 2.53. The van der Waals surface area contributed by atoms with Crippen molar-refractivity contribution in [2.24, 2.45) is 0 Å². The lowest BCUT2D eigenvalue weighted by atomic mass is 10.0. The molecule has 8 heteroatoms. The molecule has 0 saturated heterocycles. The molecule has 0 aliphatic rings. The Bertz CT molecular complexity index is 942. The number of carbonyl (C=O) groups excluding carboxylic acids is 1. The Labute approximate surface area is 153 Å². The number of thiazole rings is 1. The first kappa shape index (κ1) is 17.7. The average Bonchev–Trinajstić information content (AvgIpc) is 3.01. The Kier molecular flexibility index (Phi) is 5.04. The molecular formula is C18H16N2O5S. The summed E-state index contributed by atoms with van der Waals surface area (Å²) in [5, 5.41) is 12.3. The molecule has 0 bridgehead atoms. The van der Waals surface area contributed by atoms with Crippen LogP contribution >= 0.6 is 11.3 Å². The summed E-state index contributed by atoms with van der Waals surface area (Å²) in [6.45, 7) is 0. The van der Waals surface area contributed by atoms with E-state index in [9.17, 15) is 14.7 Å². The maximum Gasteiger partial charge on any atom is 0.335 e. The molecule has 1 amide bonds. The van der Waals surface area contributed by atoms with Gasteiger partial charge in [0.15, 0.2) is 16.6 Å². The summed E-state index contributed by atoms with van der Waals surface area (Å²) in [5.41, 5.74) is 1.23. The molecule has 2 aromatic carbocycles. The van der Waals surface area contributed by atoms with Crippen LogP contribution in [0.15, 0.2) is 36.4 Å². The van der Waals surface area contributed by atoms with Crippen LogP contribution in [-0.4, -0.2) is 36.2 Å². The molecule has 0 unspecified atom stereocenters. The Balaban J connectivity index is 1.80. The minimum atomic E-state index is -1.06. The third kappa shape index (κ3) is 3.60. The van der Waals surface area contributed by atoms with Gasteiger partial charge in [0, 0.05) is 12.1 Å². The second-order valence-electron chi connectivity index (χ2n) is 5.38. The number of nitrogens with zero attached hydrogens (tertiary/aromatic N) is 1. The van der Waals surface area contributed by atoms with Crippen molar-refractivity contribution in [2.45, 2.75) is 6.42 Å². The third-order valence-electron chi connectivity index (χ3n) is 3.74. The van der Waals surface area contributed by atoms with Crippen molar-refractivity contribution in [3.05, 3.63) is 47.5 Å². The zero-order valence-electron chi connectivity index (χ0n) is 14.1. The molecule has 1 heterocycles. The smallest absolute Gasteiger partial charge is 0.335 e. The molecule has 3 aromatic rings. The summed E-state index contributed by atoms with van der Waals surface area (Å²) in [7, 11) is 3.09. The Morgan fingerprint density at radius 3 is 2.54 bits per heavy atom. The van der Waals surface area contributed by atoms with E-state index in [1.807, 2.05) is 0 Å². The first-order valence-electron chi connectivity index (χ1n) is 7.65. The van der Waals surface area contributed by atoms with Crippen molar-refractivity contribution in [3.8, 4) is 11.5 Å². The van der Waals surface area contributed by atoms with Crippen LogP contribution in [0.4, 0.5) is 5.13 Å². The van der Waals surface area contributed by atoms with Gasteiger partial charge < -0.3 is 19.9 Å². The number of aromatic carboxylic acids is 1. The summed E-state index contributed by atoms with van der Waals surface area (Å²) in [6, 6.07) is 9.95. The lowest BCUT2D eigenvalue weighted by Gasteiger charge is -2.05. The summed E-state index contributed by atoms with van der Waals surface area (Å²) < 4.78 is 11.3. The van der Waals surface area contributed by atoms with Crippen molar-refractivity contribution in [1.82, 2.24) is 4.98 Å². The van der Waals surface area contributed by atoms with E-state index in [2.05, 4.69) is 10.3 Å². The number of carboxylic acid groups (broad SMARTS) is 1. The van der Waals surface area contributed by atoms with Crippen molar-refractivity contribution >= 4 is 38.6 Å². The second-order valence-corrected chi connectivity index (χ2v) is 6.41. The first-order valence-corrected chi connectivity index (χ1v) is 8.47. The fourth-order valence-corrected chi connectivity index (χ4v) is 3.42. The van der Waals surface area contributed by atoms with E-state index >= 15 is 0 Å². The van der Waals surface area contributed by atoms with E-state index in [1.54, 1.807) is 44.6 Å². The van der Waals surface area contributed by atoms with E-state index in [0.717, 1.165) is 4.70 Å². The highest BCUT2D eigenvalue weighted by Crippen LogP contribution is 2.36. The summed E-state index contributed by atoms with van der Waals surface area (Å²) >= 11 is 1.30. The number of benzene rings is 2. The molecule has 0 saturated carbocycles. The highest BCUT2D eigenvalue weighted by atomic mass is 32.1. The molecule has 0 atom stereocenters. The largest absolute Gasteiger partial charge is 0.493 e. The third-order valence-corrected chi connectivity index (χ3v) is 4.67. The maximum absolute atomic E-state index is 12.3. The van der Waals surface area contributed by atoms with Crippen LogP contribution in [0, 0.1) is 0 Å². The van der Waals surface area contributed by atoms with Crippen LogP contribution in [0.1, 0.15) is 15.9 Å². The number of rotatable bonds is 6. The van der Waals surface area contributed by atoms with E-state index in [4.69, 9.17) is 9.47 Å². The zero-order chi connectivity index (χ0) is 18.7. The Hall–Kier alpha value is -3.13. The van der Waals surface area contributed by atoms with Gasteiger partial charge in [0.25, 0.3) is 0 Å². The molecule has 0 radical (unpaired) electrons. The molecule has 2 N–H and O–H groups in total. The number of anilines is 1. The van der Waals surface area contributed by atoms with Gasteiger partial charge in [-0.3, -0.25) is 4.79 Å². The molecule has 0 aliphatic heterocycles. The van der Waals surface area contributed by atoms with E-state index in [-0.39, 0.29) is 17.9 Å². The van der Waals surface area contributed by atoms with Gasteiger partial charge in [0.1, 0.15) is 0 Å². The van der Waals surface area contributed by atoms with Gasteiger partial charge in [0.2, 0.25) is 5.91 Å². The number of ether oxygens (including phenoxy) is 2. The zero-order valence-corrected chi connectivity index (χ0v) is 14.9. The van der Waals surface area contributed by atoms with Crippen molar-refractivity contribution < 1.29 is 24.2 Å². The molecule has 26 heavy (non-hydrogen) atoms. The highest BCUT2D eigenvalue weighted by Gasteiger charge is 2.15. The predicted molar refractivity (Wildman–Crippen MR) is 98.5 cm³/mol. The normalized spacial score (nSPS) is 10.5. The number of carboxylic acids is 1. The van der Waals surface area contributed by atoms with E-state index in [1.165, 1.54) is 17.4 Å². The van der Waals surface area contributed by atoms with Crippen molar-refractivity contribution in [3.63, 3.8) is 0 Å². The molecule has 3 rings (SSSR count). The quantitative estimate of drug-likeness (QED) is 0.690. The van der Waals surface area contributed by atoms with Crippen molar-refractivity contribution in [2.75, 3.05) is 19.5 Å². The second kappa shape index (κ2) is 7.40. The minimum Gasteiger partial charge on any atom is -0.493 e. The fraction of sp³-hybridized carbons (Fsp3) is 0.167. The summed E-state index contributed by atoms with van der Waals surface area (Å²) in [6.07, 6.45) is -0.0506. The first-order chi connectivity index (χ1) is 12.5. The summed E-state index contributed by atoms with van der Waals surface area (Å²) in [5.74, 6) is -0.264. The highest BCUT2D eigenvalue weighted by molar-refractivity contribution is 7.22. The monoisotopic (exact) mass is 372 g/mol. The van der Waals surface area contributed by atoms with Gasteiger partial charge in [-0.1, -0.05) is 29.5 Å². The van der Waals surface area contributed by atoms with E-state index < -0.39 is 5.97 Å². The number of nitrogens with one attached hydrogen (secondary N) is 1. The Morgan fingerprint density at radius 2 is 1.85 bits per heavy atom. The minimum absolute atomic E-state index is 0.0506. The molecule has 1 aromatic heterocycles. The van der Waals surface area contributed by atoms with Crippen LogP contribution in [0.25, 0.3) is 10.2 Å². The topological polar surface area (TPSA) is 97.8 Å². The number of methoxy groups -OCH3 is 2. The van der Waals surface area contributed by atoms with Crippen LogP contribution < -0.4 is 14.8 Å². The molecular weight excluding hydrogens is 356 g/mol. The maximum atomic E-state index is 12.3. The predicted octanol–water partition coefficient (Wildman–Crippen LogP) is 3.19. The van der Waals surface area contributed by atoms with Gasteiger partial charge in [0.05, 0.1) is 36.4 Å². The van der Waals surface area contributed by atoms with Gasteiger partial charge in [-0.05, 0) is 11.6 Å². The van der Waals surface area contributed by atoms with Gasteiger partial charge in [-0.15, -0.1) is 0 Å². The van der Waals surface area contributed by atoms with Crippen LogP contribution in [0.3, 0.4) is 0 Å². The number of aromatic nitrogens is 1. The number of carbonyl (C=O) groups is 2. The molecule has 0 spiro atoms. The van der Waals surface area contributed by atoms with E-state index in [0.29, 0.717) is 27.7 Å². The molecule has 7 nitrogen and oxygen atoms in total. The van der Waals surface area contributed by atoms with Crippen LogP contribution in [-0.2, 0) is 11.2 Å². The van der Waals surface area contributed by atoms with Crippen molar-refractivity contribution in [1.29, 1.82) is 0 Å².